The lowest BCUT2D eigenvalue weighted by Crippen LogP contribution is -2.25. The second kappa shape index (κ2) is 6.27. The molecule has 1 amide bonds. The molecular weight excluding hydrogens is 322 g/mol. The van der Waals surface area contributed by atoms with E-state index in [4.69, 9.17) is 0 Å². The molecular formula is C17H25N5OS. The summed E-state index contributed by atoms with van der Waals surface area (Å²) in [5.74, 6) is 0.842. The van der Waals surface area contributed by atoms with Crippen molar-refractivity contribution in [3.05, 3.63) is 22.5 Å². The van der Waals surface area contributed by atoms with Gasteiger partial charge in [-0.25, -0.2) is 0 Å². The van der Waals surface area contributed by atoms with Crippen molar-refractivity contribution in [3.8, 4) is 0 Å². The second-order valence-electron chi connectivity index (χ2n) is 7.86. The summed E-state index contributed by atoms with van der Waals surface area (Å²) in [5, 5.41) is 17.1. The largest absolute Gasteiger partial charge is 0.295 e. The molecule has 2 aromatic heterocycles. The van der Waals surface area contributed by atoms with Crippen LogP contribution in [-0.4, -0.2) is 25.9 Å². The first kappa shape index (κ1) is 17.1. The van der Waals surface area contributed by atoms with Crippen LogP contribution >= 0.6 is 11.3 Å². The molecule has 2 aromatic rings. The topological polar surface area (TPSA) is 72.7 Å². The fraction of sp³-hybridized carbons (Fsp3) is 0.647. The van der Waals surface area contributed by atoms with E-state index in [2.05, 4.69) is 55.2 Å². The van der Waals surface area contributed by atoms with Gasteiger partial charge in [-0.1, -0.05) is 25.2 Å². The molecule has 1 N–H and O–H groups in total. The van der Waals surface area contributed by atoms with Gasteiger partial charge in [-0.2, -0.15) is 5.10 Å². The summed E-state index contributed by atoms with van der Waals surface area (Å²) in [6.45, 7) is 10.6. The molecule has 0 unspecified atom stereocenters. The standard InChI is InChI=1S/C17H25N5OS/c1-10(2)8-14-19-20-16(24-14)18-15(23)12-9-13(11-6-7-11)22(21-12)17(3,4)5/h9-11H,6-8H2,1-5H3,(H,18,20,23). The first-order chi connectivity index (χ1) is 11.2. The molecule has 2 heterocycles. The summed E-state index contributed by atoms with van der Waals surface area (Å²) in [6.07, 6.45) is 3.23. The minimum Gasteiger partial charge on any atom is -0.295 e. The zero-order valence-electron chi connectivity index (χ0n) is 15.0. The van der Waals surface area contributed by atoms with Crippen molar-refractivity contribution in [3.63, 3.8) is 0 Å². The van der Waals surface area contributed by atoms with E-state index < -0.39 is 0 Å². The zero-order chi connectivity index (χ0) is 17.5. The fourth-order valence-corrected chi connectivity index (χ4v) is 3.56. The van der Waals surface area contributed by atoms with E-state index in [0.717, 1.165) is 17.1 Å². The lowest BCUT2D eigenvalue weighted by Gasteiger charge is -2.22. The van der Waals surface area contributed by atoms with Crippen molar-refractivity contribution in [1.82, 2.24) is 20.0 Å². The minimum atomic E-state index is -0.216. The Balaban J connectivity index is 1.76. The molecule has 6 nitrogen and oxygen atoms in total. The Labute approximate surface area is 146 Å². The SMILES string of the molecule is CC(C)Cc1nnc(NC(=O)c2cc(C3CC3)n(C(C)(C)C)n2)s1. The van der Waals surface area contributed by atoms with Gasteiger partial charge < -0.3 is 0 Å². The molecule has 0 aliphatic heterocycles. The predicted octanol–water partition coefficient (Wildman–Crippen LogP) is 3.82. The van der Waals surface area contributed by atoms with Crippen molar-refractivity contribution in [2.45, 2.75) is 65.3 Å². The van der Waals surface area contributed by atoms with E-state index in [0.29, 0.717) is 22.7 Å². The lowest BCUT2D eigenvalue weighted by molar-refractivity contribution is 0.102. The number of aromatic nitrogens is 4. The number of carbonyl (C=O) groups excluding carboxylic acids is 1. The maximum absolute atomic E-state index is 12.5. The highest BCUT2D eigenvalue weighted by Crippen LogP contribution is 2.41. The van der Waals surface area contributed by atoms with Gasteiger partial charge in [0.15, 0.2) is 5.69 Å². The molecule has 1 fully saturated rings. The summed E-state index contributed by atoms with van der Waals surface area (Å²) in [4.78, 5) is 12.5. The summed E-state index contributed by atoms with van der Waals surface area (Å²) in [7, 11) is 0. The summed E-state index contributed by atoms with van der Waals surface area (Å²) < 4.78 is 1.99. The maximum atomic E-state index is 12.5. The monoisotopic (exact) mass is 347 g/mol. The van der Waals surface area contributed by atoms with Gasteiger partial charge in [-0.15, -0.1) is 10.2 Å². The maximum Gasteiger partial charge on any atom is 0.277 e. The highest BCUT2D eigenvalue weighted by molar-refractivity contribution is 7.15. The zero-order valence-corrected chi connectivity index (χ0v) is 15.8. The molecule has 130 valence electrons. The number of hydrogen-bond donors (Lipinski definition) is 1. The highest BCUT2D eigenvalue weighted by Gasteiger charge is 2.32. The average Bonchev–Trinajstić information content (AvgIpc) is 3.04. The molecule has 1 aliphatic carbocycles. The first-order valence-electron chi connectivity index (χ1n) is 8.48. The number of amides is 1. The molecule has 0 atom stereocenters. The van der Waals surface area contributed by atoms with Crippen molar-refractivity contribution in [2.75, 3.05) is 5.32 Å². The number of nitrogens with zero attached hydrogens (tertiary/aromatic N) is 4. The van der Waals surface area contributed by atoms with Gasteiger partial charge in [-0.05, 0) is 45.6 Å². The van der Waals surface area contributed by atoms with Crippen LogP contribution in [-0.2, 0) is 12.0 Å². The normalized spacial score (nSPS) is 15.1. The van der Waals surface area contributed by atoms with Crippen LogP contribution in [0.5, 0.6) is 0 Å². The summed E-state index contributed by atoms with van der Waals surface area (Å²) in [6, 6.07) is 1.92. The van der Waals surface area contributed by atoms with Gasteiger partial charge in [-0.3, -0.25) is 14.8 Å². The molecule has 3 rings (SSSR count). The Bertz CT molecular complexity index is 736. The van der Waals surface area contributed by atoms with E-state index in [-0.39, 0.29) is 11.4 Å². The summed E-state index contributed by atoms with van der Waals surface area (Å²) >= 11 is 1.43. The Kier molecular flexibility index (Phi) is 4.46. The first-order valence-corrected chi connectivity index (χ1v) is 9.30. The Morgan fingerprint density at radius 2 is 2.08 bits per heavy atom. The third-order valence-corrected chi connectivity index (χ3v) is 4.73. The van der Waals surface area contributed by atoms with Gasteiger partial charge in [0.05, 0.1) is 5.54 Å². The molecule has 0 saturated heterocycles. The van der Waals surface area contributed by atoms with Crippen LogP contribution in [0, 0.1) is 5.92 Å². The predicted molar refractivity (Wildman–Crippen MR) is 95.6 cm³/mol. The molecule has 7 heteroatoms. The van der Waals surface area contributed by atoms with E-state index in [1.807, 2.05) is 10.7 Å². The van der Waals surface area contributed by atoms with Gasteiger partial charge in [0, 0.05) is 18.0 Å². The van der Waals surface area contributed by atoms with E-state index in [9.17, 15) is 4.79 Å². The third kappa shape index (κ3) is 3.83. The fourth-order valence-electron chi connectivity index (χ4n) is 2.61. The molecule has 24 heavy (non-hydrogen) atoms. The molecule has 1 saturated carbocycles. The molecule has 0 spiro atoms. The van der Waals surface area contributed by atoms with Crippen molar-refractivity contribution < 1.29 is 4.79 Å². The van der Waals surface area contributed by atoms with Crippen molar-refractivity contribution >= 4 is 22.4 Å². The molecule has 0 radical (unpaired) electrons. The molecule has 0 bridgehead atoms. The molecule has 0 aromatic carbocycles. The van der Waals surface area contributed by atoms with E-state index in [1.54, 1.807) is 0 Å². The minimum absolute atomic E-state index is 0.135. The quantitative estimate of drug-likeness (QED) is 0.892. The lowest BCUT2D eigenvalue weighted by atomic mass is 10.1. The van der Waals surface area contributed by atoms with Crippen LogP contribution in [0.25, 0.3) is 0 Å². The van der Waals surface area contributed by atoms with Crippen LogP contribution in [0.3, 0.4) is 0 Å². The number of nitrogens with one attached hydrogen (secondary N) is 1. The number of hydrogen-bond acceptors (Lipinski definition) is 5. The Morgan fingerprint density at radius 3 is 2.67 bits per heavy atom. The second-order valence-corrected chi connectivity index (χ2v) is 8.93. The average molecular weight is 347 g/mol. The van der Waals surface area contributed by atoms with E-state index in [1.165, 1.54) is 24.2 Å². The Morgan fingerprint density at radius 1 is 1.38 bits per heavy atom. The van der Waals surface area contributed by atoms with Crippen LogP contribution in [0.1, 0.15) is 74.6 Å². The van der Waals surface area contributed by atoms with Crippen LogP contribution in [0.4, 0.5) is 5.13 Å². The number of carbonyl (C=O) groups is 1. The van der Waals surface area contributed by atoms with Crippen LogP contribution < -0.4 is 5.32 Å². The molecule has 1 aliphatic rings. The van der Waals surface area contributed by atoms with Gasteiger partial charge >= 0.3 is 0 Å². The Hall–Kier alpha value is -1.76. The van der Waals surface area contributed by atoms with Gasteiger partial charge in [0.2, 0.25) is 5.13 Å². The summed E-state index contributed by atoms with van der Waals surface area (Å²) in [5.41, 5.74) is 1.47. The smallest absolute Gasteiger partial charge is 0.277 e. The van der Waals surface area contributed by atoms with Crippen LogP contribution in [0.2, 0.25) is 0 Å². The third-order valence-electron chi connectivity index (χ3n) is 3.87. The van der Waals surface area contributed by atoms with Gasteiger partial charge in [0.1, 0.15) is 5.01 Å². The highest BCUT2D eigenvalue weighted by atomic mass is 32.1. The number of anilines is 1. The van der Waals surface area contributed by atoms with Crippen molar-refractivity contribution in [1.29, 1.82) is 0 Å². The van der Waals surface area contributed by atoms with Crippen LogP contribution in [0.15, 0.2) is 6.07 Å². The number of rotatable bonds is 5. The van der Waals surface area contributed by atoms with E-state index >= 15 is 0 Å². The van der Waals surface area contributed by atoms with Crippen molar-refractivity contribution in [2.24, 2.45) is 5.92 Å². The van der Waals surface area contributed by atoms with Gasteiger partial charge in [0.25, 0.3) is 5.91 Å².